The van der Waals surface area contributed by atoms with E-state index in [2.05, 4.69) is 34.1 Å². The minimum absolute atomic E-state index is 0.542. The molecule has 0 amide bonds. The molecule has 1 saturated carbocycles. The van der Waals surface area contributed by atoms with Gasteiger partial charge in [-0.05, 0) is 36.0 Å². The van der Waals surface area contributed by atoms with Crippen LogP contribution >= 0.6 is 15.9 Å². The predicted molar refractivity (Wildman–Crippen MR) is 69.3 cm³/mol. The maximum atomic E-state index is 5.54. The molecule has 1 aliphatic heterocycles. The van der Waals surface area contributed by atoms with Crippen LogP contribution in [-0.2, 0) is 6.42 Å². The summed E-state index contributed by atoms with van der Waals surface area (Å²) < 4.78 is 5.54. The lowest BCUT2D eigenvalue weighted by atomic mass is 9.96. The molecule has 1 nitrogen and oxygen atoms in total. The average Bonchev–Trinajstić information content (AvgIpc) is 2.98. The summed E-state index contributed by atoms with van der Waals surface area (Å²) in [7, 11) is 0. The number of hydrogen-bond acceptors (Lipinski definition) is 1. The third-order valence-electron chi connectivity index (χ3n) is 3.85. The van der Waals surface area contributed by atoms with E-state index in [1.165, 1.54) is 36.8 Å². The van der Waals surface area contributed by atoms with Gasteiger partial charge in [-0.15, -0.1) is 0 Å². The van der Waals surface area contributed by atoms with Gasteiger partial charge < -0.3 is 4.74 Å². The zero-order chi connectivity index (χ0) is 11.0. The highest BCUT2D eigenvalue weighted by Crippen LogP contribution is 2.42. The van der Waals surface area contributed by atoms with Crippen molar-refractivity contribution >= 4 is 15.9 Å². The number of hydrogen-bond donors (Lipinski definition) is 0. The second kappa shape index (κ2) is 4.40. The number of ether oxygens (including phenoxy) is 1. The summed E-state index contributed by atoms with van der Waals surface area (Å²) in [6, 6.07) is 6.70. The van der Waals surface area contributed by atoms with E-state index in [9.17, 15) is 0 Å². The van der Waals surface area contributed by atoms with Crippen LogP contribution in [0.25, 0.3) is 0 Å². The Morgan fingerprint density at radius 2 is 2.06 bits per heavy atom. The summed E-state index contributed by atoms with van der Waals surface area (Å²) in [5, 5.41) is 0. The smallest absolute Gasteiger partial charge is 0.122 e. The molecular formula is C14H17BrO. The van der Waals surface area contributed by atoms with Crippen molar-refractivity contribution in [2.24, 2.45) is 5.92 Å². The molecule has 86 valence electrons. The van der Waals surface area contributed by atoms with Gasteiger partial charge in [0.1, 0.15) is 5.75 Å². The Hall–Kier alpha value is -0.500. The quantitative estimate of drug-likeness (QED) is 0.736. The Bertz CT molecular complexity index is 382. The Morgan fingerprint density at radius 1 is 1.25 bits per heavy atom. The van der Waals surface area contributed by atoms with E-state index < -0.39 is 0 Å². The van der Waals surface area contributed by atoms with Crippen molar-refractivity contribution in [3.8, 4) is 5.75 Å². The minimum atomic E-state index is 0.542. The Kier molecular flexibility index (Phi) is 2.93. The SMILES string of the molecule is BrC(c1ccc2c(c1)CCO2)C1CCCC1. The van der Waals surface area contributed by atoms with Gasteiger partial charge in [-0.1, -0.05) is 40.9 Å². The largest absolute Gasteiger partial charge is 0.493 e. The lowest BCUT2D eigenvalue weighted by Gasteiger charge is -2.18. The fourth-order valence-electron chi connectivity index (χ4n) is 2.90. The highest BCUT2D eigenvalue weighted by Gasteiger charge is 2.25. The van der Waals surface area contributed by atoms with E-state index in [4.69, 9.17) is 4.74 Å². The molecule has 16 heavy (non-hydrogen) atoms. The van der Waals surface area contributed by atoms with Gasteiger partial charge in [-0.3, -0.25) is 0 Å². The van der Waals surface area contributed by atoms with Gasteiger partial charge in [0.25, 0.3) is 0 Å². The van der Waals surface area contributed by atoms with Crippen molar-refractivity contribution in [3.05, 3.63) is 29.3 Å². The van der Waals surface area contributed by atoms with Crippen LogP contribution in [0.2, 0.25) is 0 Å². The molecule has 1 unspecified atom stereocenters. The topological polar surface area (TPSA) is 9.23 Å². The molecule has 0 aromatic heterocycles. The van der Waals surface area contributed by atoms with Gasteiger partial charge in [0.2, 0.25) is 0 Å². The molecule has 1 aromatic rings. The molecule has 1 aromatic carbocycles. The van der Waals surface area contributed by atoms with Crippen molar-refractivity contribution in [1.29, 1.82) is 0 Å². The first kappa shape index (κ1) is 10.6. The molecule has 3 rings (SSSR count). The molecule has 1 fully saturated rings. The predicted octanol–water partition coefficient (Wildman–Crippen LogP) is 4.25. The second-order valence-corrected chi connectivity index (χ2v) is 5.90. The summed E-state index contributed by atoms with van der Waals surface area (Å²) in [6.07, 6.45) is 6.64. The van der Waals surface area contributed by atoms with Crippen LogP contribution in [-0.4, -0.2) is 6.61 Å². The van der Waals surface area contributed by atoms with Crippen molar-refractivity contribution in [3.63, 3.8) is 0 Å². The van der Waals surface area contributed by atoms with E-state index in [-0.39, 0.29) is 0 Å². The van der Waals surface area contributed by atoms with Gasteiger partial charge in [0.05, 0.1) is 6.61 Å². The summed E-state index contributed by atoms with van der Waals surface area (Å²) >= 11 is 3.88. The van der Waals surface area contributed by atoms with E-state index in [0.717, 1.165) is 24.7 Å². The van der Waals surface area contributed by atoms with Crippen LogP contribution in [0.5, 0.6) is 5.75 Å². The van der Waals surface area contributed by atoms with Gasteiger partial charge in [0, 0.05) is 11.2 Å². The molecule has 0 saturated heterocycles. The molecule has 1 atom stereocenters. The van der Waals surface area contributed by atoms with E-state index in [1.54, 1.807) is 0 Å². The monoisotopic (exact) mass is 280 g/mol. The Morgan fingerprint density at radius 3 is 2.88 bits per heavy atom. The van der Waals surface area contributed by atoms with Crippen LogP contribution in [0.4, 0.5) is 0 Å². The van der Waals surface area contributed by atoms with Crippen LogP contribution < -0.4 is 4.74 Å². The van der Waals surface area contributed by atoms with Crippen molar-refractivity contribution < 1.29 is 4.74 Å². The molecule has 0 bridgehead atoms. The highest BCUT2D eigenvalue weighted by atomic mass is 79.9. The number of fused-ring (bicyclic) bond motifs is 1. The number of rotatable bonds is 2. The summed E-state index contributed by atoms with van der Waals surface area (Å²) in [4.78, 5) is 0.542. The van der Waals surface area contributed by atoms with Crippen LogP contribution in [0.3, 0.4) is 0 Å². The Labute approximate surface area is 105 Å². The molecule has 0 radical (unpaired) electrons. The lowest BCUT2D eigenvalue weighted by molar-refractivity contribution is 0.357. The molecule has 1 aliphatic carbocycles. The first-order valence-corrected chi connectivity index (χ1v) is 7.16. The number of benzene rings is 1. The standard InChI is InChI=1S/C14H17BrO/c15-14(10-3-1-2-4-10)12-5-6-13-11(9-12)7-8-16-13/h5-6,9-10,14H,1-4,7-8H2. The van der Waals surface area contributed by atoms with Crippen molar-refractivity contribution in [1.82, 2.24) is 0 Å². The van der Waals surface area contributed by atoms with Gasteiger partial charge in [-0.25, -0.2) is 0 Å². The molecule has 1 heterocycles. The zero-order valence-corrected chi connectivity index (χ0v) is 11.0. The normalized spacial score (nSPS) is 21.8. The fourth-order valence-corrected chi connectivity index (χ4v) is 3.71. The maximum Gasteiger partial charge on any atom is 0.122 e. The number of halogens is 1. The van der Waals surface area contributed by atoms with Crippen molar-refractivity contribution in [2.75, 3.05) is 6.61 Å². The molecular weight excluding hydrogens is 264 g/mol. The minimum Gasteiger partial charge on any atom is -0.493 e. The van der Waals surface area contributed by atoms with Gasteiger partial charge >= 0.3 is 0 Å². The van der Waals surface area contributed by atoms with Gasteiger partial charge in [-0.2, -0.15) is 0 Å². The molecule has 0 N–H and O–H groups in total. The first-order valence-electron chi connectivity index (χ1n) is 6.24. The van der Waals surface area contributed by atoms with Crippen LogP contribution in [0.15, 0.2) is 18.2 Å². The van der Waals surface area contributed by atoms with E-state index >= 15 is 0 Å². The Balaban J connectivity index is 1.83. The molecule has 2 heteroatoms. The molecule has 2 aliphatic rings. The van der Waals surface area contributed by atoms with Crippen LogP contribution in [0, 0.1) is 5.92 Å². The molecule has 0 spiro atoms. The highest BCUT2D eigenvalue weighted by molar-refractivity contribution is 9.09. The van der Waals surface area contributed by atoms with E-state index in [0.29, 0.717) is 4.83 Å². The average molecular weight is 281 g/mol. The van der Waals surface area contributed by atoms with Crippen LogP contribution in [0.1, 0.15) is 41.6 Å². The third kappa shape index (κ3) is 1.88. The summed E-state index contributed by atoms with van der Waals surface area (Å²) in [6.45, 7) is 0.856. The number of alkyl halides is 1. The zero-order valence-electron chi connectivity index (χ0n) is 9.42. The summed E-state index contributed by atoms with van der Waals surface area (Å²) in [5.41, 5.74) is 2.83. The lowest BCUT2D eigenvalue weighted by Crippen LogP contribution is -2.03. The maximum absolute atomic E-state index is 5.54. The fraction of sp³-hybridized carbons (Fsp3) is 0.571. The second-order valence-electron chi connectivity index (χ2n) is 4.91. The third-order valence-corrected chi connectivity index (χ3v) is 5.12. The summed E-state index contributed by atoms with van der Waals surface area (Å²) in [5.74, 6) is 1.93. The first-order chi connectivity index (χ1) is 7.84. The van der Waals surface area contributed by atoms with Gasteiger partial charge in [0.15, 0.2) is 0 Å². The van der Waals surface area contributed by atoms with Crippen molar-refractivity contribution in [2.45, 2.75) is 36.9 Å². The van der Waals surface area contributed by atoms with E-state index in [1.807, 2.05) is 0 Å².